The number of nitrogens with zero attached hydrogens (tertiary/aromatic N) is 1. The molecule has 0 aliphatic rings. The third-order valence-electron chi connectivity index (χ3n) is 2.70. The van der Waals surface area contributed by atoms with Gasteiger partial charge in [0.15, 0.2) is 5.96 Å². The maximum atomic E-state index is 12.1. The zero-order chi connectivity index (χ0) is 17.5. The van der Waals surface area contributed by atoms with Crippen LogP contribution in [0.4, 0.5) is 13.2 Å². The third kappa shape index (κ3) is 9.07. The second-order valence-electron chi connectivity index (χ2n) is 6.23. The molecule has 0 saturated carbocycles. The van der Waals surface area contributed by atoms with E-state index in [0.29, 0.717) is 18.1 Å². The molecule has 0 radical (unpaired) electrons. The van der Waals surface area contributed by atoms with E-state index >= 15 is 0 Å². The Kier molecular flexibility index (Phi) is 6.87. The van der Waals surface area contributed by atoms with E-state index in [1.807, 2.05) is 32.9 Å². The van der Waals surface area contributed by atoms with Gasteiger partial charge in [0.05, 0.1) is 6.61 Å². The highest BCUT2D eigenvalue weighted by atomic mass is 19.4. The van der Waals surface area contributed by atoms with Crippen LogP contribution < -0.4 is 10.6 Å². The summed E-state index contributed by atoms with van der Waals surface area (Å²) in [4.78, 5) is 4.13. The molecule has 0 amide bonds. The number of hydrogen-bond acceptors (Lipinski definition) is 2. The van der Waals surface area contributed by atoms with Gasteiger partial charge >= 0.3 is 6.18 Å². The molecule has 0 saturated heterocycles. The lowest BCUT2D eigenvalue weighted by molar-refractivity contribution is -0.176. The van der Waals surface area contributed by atoms with Gasteiger partial charge in [0.1, 0.15) is 6.61 Å². The zero-order valence-corrected chi connectivity index (χ0v) is 13.9. The normalized spacial score (nSPS) is 13.1. The molecule has 1 rings (SSSR count). The van der Waals surface area contributed by atoms with Crippen LogP contribution in [0.25, 0.3) is 0 Å². The molecule has 0 spiro atoms. The molecule has 0 aliphatic heterocycles. The van der Waals surface area contributed by atoms with Crippen LogP contribution in [0.2, 0.25) is 0 Å². The van der Waals surface area contributed by atoms with Gasteiger partial charge in [-0.15, -0.1) is 0 Å². The molecule has 7 heteroatoms. The molecule has 0 heterocycles. The van der Waals surface area contributed by atoms with Crippen molar-refractivity contribution in [3.63, 3.8) is 0 Å². The van der Waals surface area contributed by atoms with Crippen LogP contribution in [0.15, 0.2) is 29.3 Å². The fourth-order valence-electron chi connectivity index (χ4n) is 1.83. The van der Waals surface area contributed by atoms with E-state index in [4.69, 9.17) is 0 Å². The van der Waals surface area contributed by atoms with Gasteiger partial charge in [-0.05, 0) is 31.9 Å². The number of rotatable bonds is 5. The molecule has 0 fully saturated rings. The van der Waals surface area contributed by atoms with Crippen LogP contribution in [0.3, 0.4) is 0 Å². The van der Waals surface area contributed by atoms with Crippen molar-refractivity contribution in [1.29, 1.82) is 0 Å². The van der Waals surface area contributed by atoms with Gasteiger partial charge in [0, 0.05) is 19.1 Å². The Bertz CT molecular complexity index is 522. The number of alkyl halides is 3. The summed E-state index contributed by atoms with van der Waals surface area (Å²) in [5.41, 5.74) is 1.53. The summed E-state index contributed by atoms with van der Waals surface area (Å²) in [5, 5.41) is 6.40. The Morgan fingerprint density at radius 3 is 2.39 bits per heavy atom. The average molecular weight is 331 g/mol. The molecular formula is C16H24F3N3O. The van der Waals surface area contributed by atoms with Crippen LogP contribution >= 0.6 is 0 Å². The molecule has 130 valence electrons. The summed E-state index contributed by atoms with van der Waals surface area (Å²) in [6.45, 7) is 5.29. The van der Waals surface area contributed by atoms with Gasteiger partial charge in [0.2, 0.25) is 0 Å². The molecule has 1 aromatic rings. The van der Waals surface area contributed by atoms with Gasteiger partial charge in [0.25, 0.3) is 0 Å². The molecule has 0 aromatic heterocycles. The first-order valence-electron chi connectivity index (χ1n) is 7.30. The van der Waals surface area contributed by atoms with Crippen molar-refractivity contribution in [3.05, 3.63) is 35.4 Å². The number of aliphatic imine (C=N–C) groups is 1. The van der Waals surface area contributed by atoms with Crippen molar-refractivity contribution in [2.75, 3.05) is 13.7 Å². The summed E-state index contributed by atoms with van der Waals surface area (Å²) >= 11 is 0. The predicted molar refractivity (Wildman–Crippen MR) is 85.2 cm³/mol. The van der Waals surface area contributed by atoms with E-state index in [9.17, 15) is 13.2 Å². The Morgan fingerprint density at radius 2 is 1.83 bits per heavy atom. The second kappa shape index (κ2) is 8.19. The lowest BCUT2D eigenvalue weighted by Crippen LogP contribution is -2.47. The van der Waals surface area contributed by atoms with E-state index in [1.54, 1.807) is 19.2 Å². The van der Waals surface area contributed by atoms with Crippen LogP contribution in [0, 0.1) is 0 Å². The predicted octanol–water partition coefficient (Wildman–Crippen LogP) is 3.23. The van der Waals surface area contributed by atoms with Gasteiger partial charge in [-0.3, -0.25) is 4.99 Å². The lowest BCUT2D eigenvalue weighted by Gasteiger charge is -2.23. The van der Waals surface area contributed by atoms with Crippen molar-refractivity contribution >= 4 is 5.96 Å². The summed E-state index contributed by atoms with van der Waals surface area (Å²) in [6, 6.07) is 7.24. The maximum Gasteiger partial charge on any atom is 0.411 e. The Morgan fingerprint density at radius 1 is 1.17 bits per heavy atom. The number of benzene rings is 1. The van der Waals surface area contributed by atoms with E-state index in [0.717, 1.165) is 5.56 Å². The first-order valence-corrected chi connectivity index (χ1v) is 7.30. The standard InChI is InChI=1S/C16H24F3N3O/c1-15(2,3)22-14(20-4)21-9-12-6-5-7-13(8-12)10-23-11-16(17,18)19/h5-8H,9-11H2,1-4H3,(H2,20,21,22). The molecule has 0 aliphatic carbocycles. The minimum atomic E-state index is -4.30. The Labute approximate surface area is 135 Å². The smallest absolute Gasteiger partial charge is 0.367 e. The number of nitrogens with one attached hydrogen (secondary N) is 2. The number of hydrogen-bond donors (Lipinski definition) is 2. The Hall–Kier alpha value is -1.76. The molecule has 0 atom stereocenters. The highest BCUT2D eigenvalue weighted by Crippen LogP contribution is 2.16. The van der Waals surface area contributed by atoms with Crippen LogP contribution in [0.1, 0.15) is 31.9 Å². The van der Waals surface area contributed by atoms with E-state index in [2.05, 4.69) is 20.4 Å². The van der Waals surface area contributed by atoms with Crippen molar-refractivity contribution in [3.8, 4) is 0 Å². The Balaban J connectivity index is 2.53. The van der Waals surface area contributed by atoms with Crippen LogP contribution in [0.5, 0.6) is 0 Å². The summed E-state index contributed by atoms with van der Waals surface area (Å²) in [6.07, 6.45) is -4.30. The number of guanidine groups is 1. The minimum Gasteiger partial charge on any atom is -0.367 e. The second-order valence-corrected chi connectivity index (χ2v) is 6.23. The molecule has 1 aromatic carbocycles. The largest absolute Gasteiger partial charge is 0.411 e. The molecular weight excluding hydrogens is 307 g/mol. The summed E-state index contributed by atoms with van der Waals surface area (Å²) in [5.74, 6) is 0.663. The van der Waals surface area contributed by atoms with E-state index in [-0.39, 0.29) is 12.1 Å². The van der Waals surface area contributed by atoms with E-state index < -0.39 is 12.8 Å². The quantitative estimate of drug-likeness (QED) is 0.643. The zero-order valence-electron chi connectivity index (χ0n) is 13.9. The monoisotopic (exact) mass is 331 g/mol. The highest BCUT2D eigenvalue weighted by molar-refractivity contribution is 5.80. The minimum absolute atomic E-state index is 0.0671. The third-order valence-corrected chi connectivity index (χ3v) is 2.70. The van der Waals surface area contributed by atoms with Gasteiger partial charge in [-0.25, -0.2) is 0 Å². The summed E-state index contributed by atoms with van der Waals surface area (Å²) < 4.78 is 40.9. The molecule has 23 heavy (non-hydrogen) atoms. The van der Waals surface area contributed by atoms with E-state index in [1.165, 1.54) is 0 Å². The number of halogens is 3. The molecule has 0 unspecified atom stereocenters. The van der Waals surface area contributed by atoms with Crippen LogP contribution in [-0.2, 0) is 17.9 Å². The fraction of sp³-hybridized carbons (Fsp3) is 0.562. The van der Waals surface area contributed by atoms with Gasteiger partial charge < -0.3 is 15.4 Å². The highest BCUT2D eigenvalue weighted by Gasteiger charge is 2.27. The van der Waals surface area contributed by atoms with Crippen molar-refractivity contribution in [1.82, 2.24) is 10.6 Å². The van der Waals surface area contributed by atoms with Crippen molar-refractivity contribution < 1.29 is 17.9 Å². The first kappa shape index (κ1) is 19.3. The lowest BCUT2D eigenvalue weighted by atomic mass is 10.1. The average Bonchev–Trinajstić information content (AvgIpc) is 2.41. The molecule has 0 bridgehead atoms. The topological polar surface area (TPSA) is 45.7 Å². The van der Waals surface area contributed by atoms with Crippen LogP contribution in [-0.4, -0.2) is 31.3 Å². The van der Waals surface area contributed by atoms with Crippen molar-refractivity contribution in [2.45, 2.75) is 45.6 Å². The first-order chi connectivity index (χ1) is 10.6. The van der Waals surface area contributed by atoms with Gasteiger partial charge in [-0.2, -0.15) is 13.2 Å². The molecule has 2 N–H and O–H groups in total. The summed E-state index contributed by atoms with van der Waals surface area (Å²) in [7, 11) is 1.68. The maximum absolute atomic E-state index is 12.1. The molecule has 4 nitrogen and oxygen atoms in total. The fourth-order valence-corrected chi connectivity index (χ4v) is 1.83. The van der Waals surface area contributed by atoms with Gasteiger partial charge in [-0.1, -0.05) is 24.3 Å². The van der Waals surface area contributed by atoms with Crippen molar-refractivity contribution in [2.24, 2.45) is 4.99 Å². The SMILES string of the molecule is CN=C(NCc1cccc(COCC(F)(F)F)c1)NC(C)(C)C. The number of ether oxygens (including phenoxy) is 1.